The molecule has 0 aliphatic rings. The minimum Gasteiger partial charge on any atom is -0.502 e. The summed E-state index contributed by atoms with van der Waals surface area (Å²) in [5, 5.41) is 23.9. The van der Waals surface area contributed by atoms with Crippen molar-refractivity contribution in [1.29, 1.82) is 0 Å². The molecule has 0 radical (unpaired) electrons. The molecule has 0 saturated heterocycles. The van der Waals surface area contributed by atoms with Crippen molar-refractivity contribution in [3.8, 4) is 11.5 Å². The van der Waals surface area contributed by atoms with Crippen molar-refractivity contribution >= 4 is 45.1 Å². The highest BCUT2D eigenvalue weighted by atomic mass is 79.9. The number of anilines is 1. The lowest BCUT2D eigenvalue weighted by molar-refractivity contribution is -0.385. The first-order valence-corrected chi connectivity index (χ1v) is 9.33. The van der Waals surface area contributed by atoms with Gasteiger partial charge in [0.25, 0.3) is 0 Å². The molecule has 0 aliphatic heterocycles. The van der Waals surface area contributed by atoms with Crippen LogP contribution in [-0.4, -0.2) is 29.3 Å². The Kier molecular flexibility index (Phi) is 7.51. The number of nitrogens with one attached hydrogen (secondary N) is 1. The fraction of sp³-hybridized carbons (Fsp3) is 0.263. The molecule has 0 saturated carbocycles. The Balaban J connectivity index is 2.25. The zero-order chi connectivity index (χ0) is 20.7. The lowest BCUT2D eigenvalue weighted by Crippen LogP contribution is -2.11. The molecule has 0 aliphatic carbocycles. The van der Waals surface area contributed by atoms with E-state index in [9.17, 15) is 20.0 Å². The topological polar surface area (TPSA) is 114 Å². The zero-order valence-corrected chi connectivity index (χ0v) is 17.0. The molecule has 0 fully saturated rings. The van der Waals surface area contributed by atoms with Gasteiger partial charge >= 0.3 is 5.69 Å². The summed E-state index contributed by atoms with van der Waals surface area (Å²) in [6, 6.07) is 7.68. The van der Waals surface area contributed by atoms with Crippen molar-refractivity contribution in [2.24, 2.45) is 4.99 Å². The number of aliphatic imine (C=N–C) groups is 1. The molecule has 0 atom stereocenters. The number of carbonyl (C=O) groups is 1. The van der Waals surface area contributed by atoms with Crippen LogP contribution in [0, 0.1) is 10.1 Å². The van der Waals surface area contributed by atoms with E-state index in [0.29, 0.717) is 28.0 Å². The van der Waals surface area contributed by atoms with Crippen molar-refractivity contribution in [3.05, 3.63) is 50.5 Å². The number of benzene rings is 2. The van der Waals surface area contributed by atoms with E-state index in [0.717, 1.165) is 12.8 Å². The van der Waals surface area contributed by atoms with Crippen LogP contribution in [0.25, 0.3) is 0 Å². The van der Waals surface area contributed by atoms with Crippen LogP contribution in [0.5, 0.6) is 11.5 Å². The first-order chi connectivity index (χ1) is 13.3. The summed E-state index contributed by atoms with van der Waals surface area (Å²) >= 11 is 3.18. The molecule has 8 nitrogen and oxygen atoms in total. The van der Waals surface area contributed by atoms with Gasteiger partial charge in [-0.05, 0) is 24.6 Å². The summed E-state index contributed by atoms with van der Waals surface area (Å²) in [5.74, 6) is -0.129. The Bertz CT molecular complexity index is 915. The summed E-state index contributed by atoms with van der Waals surface area (Å²) < 4.78 is 5.75. The van der Waals surface area contributed by atoms with Crippen LogP contribution in [0.15, 0.2) is 39.8 Å². The van der Waals surface area contributed by atoms with Gasteiger partial charge in [0.05, 0.1) is 23.4 Å². The number of halogens is 1. The number of nitro groups is 1. The number of carbonyl (C=O) groups excluding carboxylic acids is 1. The Hall–Kier alpha value is -2.94. The number of amides is 1. The molecule has 0 unspecified atom stereocenters. The van der Waals surface area contributed by atoms with Crippen LogP contribution in [0.3, 0.4) is 0 Å². The van der Waals surface area contributed by atoms with Gasteiger partial charge in [0.15, 0.2) is 0 Å². The van der Waals surface area contributed by atoms with Crippen LogP contribution in [0.2, 0.25) is 0 Å². The maximum absolute atomic E-state index is 11.9. The first kappa shape index (κ1) is 21.4. The van der Waals surface area contributed by atoms with E-state index < -0.39 is 16.4 Å². The lowest BCUT2D eigenvalue weighted by atomic mass is 10.2. The molecule has 2 aromatic carbocycles. The SMILES string of the molecule is CCCCC(=O)Nc1ccc(N=Cc2cc(Br)cc([N+](=O)[O-])c2O)cc1OC. The van der Waals surface area contributed by atoms with Crippen molar-refractivity contribution in [2.45, 2.75) is 26.2 Å². The quantitative estimate of drug-likeness (QED) is 0.336. The molecule has 0 aromatic heterocycles. The Labute approximate surface area is 170 Å². The number of hydrogen-bond donors (Lipinski definition) is 2. The third kappa shape index (κ3) is 5.53. The fourth-order valence-electron chi connectivity index (χ4n) is 2.40. The second-order valence-corrected chi connectivity index (χ2v) is 6.83. The largest absolute Gasteiger partial charge is 0.502 e. The van der Waals surface area contributed by atoms with Gasteiger partial charge in [-0.25, -0.2) is 0 Å². The predicted molar refractivity (Wildman–Crippen MR) is 111 cm³/mol. The third-order valence-electron chi connectivity index (χ3n) is 3.85. The number of phenols is 1. The monoisotopic (exact) mass is 449 g/mol. The summed E-state index contributed by atoms with van der Waals surface area (Å²) in [6.45, 7) is 2.01. The average molecular weight is 450 g/mol. The van der Waals surface area contributed by atoms with Crippen LogP contribution in [-0.2, 0) is 4.79 Å². The number of phenolic OH excluding ortho intramolecular Hbond substituents is 1. The molecule has 0 heterocycles. The minimum atomic E-state index is -0.670. The van der Waals surface area contributed by atoms with Gasteiger partial charge in [0.2, 0.25) is 11.7 Å². The molecule has 1 amide bonds. The van der Waals surface area contributed by atoms with E-state index >= 15 is 0 Å². The van der Waals surface area contributed by atoms with Crippen LogP contribution in [0.1, 0.15) is 31.7 Å². The highest BCUT2D eigenvalue weighted by Crippen LogP contribution is 2.33. The van der Waals surface area contributed by atoms with Crippen LogP contribution < -0.4 is 10.1 Å². The minimum absolute atomic E-state index is 0.0947. The van der Waals surface area contributed by atoms with Gasteiger partial charge in [-0.2, -0.15) is 0 Å². The third-order valence-corrected chi connectivity index (χ3v) is 4.31. The van der Waals surface area contributed by atoms with E-state index in [1.165, 1.54) is 25.5 Å². The maximum Gasteiger partial charge on any atom is 0.312 e. The van der Waals surface area contributed by atoms with Crippen molar-refractivity contribution in [2.75, 3.05) is 12.4 Å². The standard InChI is InChI=1S/C19H20BrN3O5/c1-3-4-5-18(24)22-15-7-6-14(10-17(15)28-2)21-11-12-8-13(20)9-16(19(12)25)23(26)27/h6-11,25H,3-5H2,1-2H3,(H,22,24). The number of ether oxygens (including phenoxy) is 1. The summed E-state index contributed by atoms with van der Waals surface area (Å²) in [7, 11) is 1.48. The highest BCUT2D eigenvalue weighted by molar-refractivity contribution is 9.10. The van der Waals surface area contributed by atoms with E-state index in [1.807, 2.05) is 6.92 Å². The molecule has 28 heavy (non-hydrogen) atoms. The summed E-state index contributed by atoms with van der Waals surface area (Å²) in [4.78, 5) is 26.5. The highest BCUT2D eigenvalue weighted by Gasteiger charge is 2.17. The molecular formula is C19H20BrN3O5. The van der Waals surface area contributed by atoms with Crippen molar-refractivity contribution in [1.82, 2.24) is 0 Å². The van der Waals surface area contributed by atoms with Gasteiger partial charge in [-0.15, -0.1) is 0 Å². The number of hydrogen-bond acceptors (Lipinski definition) is 6. The molecular weight excluding hydrogens is 430 g/mol. The predicted octanol–water partition coefficient (Wildman–Crippen LogP) is 4.95. The van der Waals surface area contributed by atoms with Crippen LogP contribution >= 0.6 is 15.9 Å². The second-order valence-electron chi connectivity index (χ2n) is 5.91. The average Bonchev–Trinajstić information content (AvgIpc) is 2.67. The van der Waals surface area contributed by atoms with Crippen molar-refractivity contribution in [3.63, 3.8) is 0 Å². The molecule has 2 aromatic rings. The Morgan fingerprint density at radius 3 is 2.79 bits per heavy atom. The van der Waals surface area contributed by atoms with E-state index in [2.05, 4.69) is 26.2 Å². The van der Waals surface area contributed by atoms with Gasteiger partial charge in [-0.1, -0.05) is 29.3 Å². The molecule has 2 rings (SSSR count). The smallest absolute Gasteiger partial charge is 0.312 e. The maximum atomic E-state index is 11.9. The molecule has 148 valence electrons. The van der Waals surface area contributed by atoms with E-state index in [1.54, 1.807) is 18.2 Å². The number of rotatable bonds is 8. The lowest BCUT2D eigenvalue weighted by Gasteiger charge is -2.10. The fourth-order valence-corrected chi connectivity index (χ4v) is 2.86. The molecule has 2 N–H and O–H groups in total. The Morgan fingerprint density at radius 1 is 1.39 bits per heavy atom. The molecule has 9 heteroatoms. The second kappa shape index (κ2) is 9.84. The number of methoxy groups -OCH3 is 1. The summed E-state index contributed by atoms with van der Waals surface area (Å²) in [5.41, 5.74) is 0.796. The zero-order valence-electron chi connectivity index (χ0n) is 15.4. The summed E-state index contributed by atoms with van der Waals surface area (Å²) in [6.07, 6.45) is 3.49. The van der Waals surface area contributed by atoms with Crippen LogP contribution in [0.4, 0.5) is 17.1 Å². The molecule has 0 spiro atoms. The van der Waals surface area contributed by atoms with E-state index in [-0.39, 0.29) is 11.5 Å². The number of aromatic hydroxyl groups is 1. The first-order valence-electron chi connectivity index (χ1n) is 8.54. The number of nitro benzene ring substituents is 1. The number of unbranched alkanes of at least 4 members (excludes halogenated alkanes) is 1. The normalized spacial score (nSPS) is 10.8. The van der Waals surface area contributed by atoms with Crippen molar-refractivity contribution < 1.29 is 19.6 Å². The van der Waals surface area contributed by atoms with Gasteiger partial charge in [-0.3, -0.25) is 19.9 Å². The van der Waals surface area contributed by atoms with E-state index in [4.69, 9.17) is 4.74 Å². The molecule has 0 bridgehead atoms. The van der Waals surface area contributed by atoms with Gasteiger partial charge < -0.3 is 15.2 Å². The van der Waals surface area contributed by atoms with Gasteiger partial charge in [0.1, 0.15) is 5.75 Å². The number of nitrogens with zero attached hydrogens (tertiary/aromatic N) is 2. The Morgan fingerprint density at radius 2 is 2.14 bits per heavy atom. The van der Waals surface area contributed by atoms with Gasteiger partial charge in [0, 0.05) is 34.8 Å².